The Hall–Kier alpha value is -2.58. The van der Waals surface area contributed by atoms with E-state index in [-0.39, 0.29) is 24.2 Å². The SMILES string of the molecule is COC(CN1CC2=C(C1=O)[C@@H](c1ccc(O)cc1)NC(=O)N2)OC. The summed E-state index contributed by atoms with van der Waals surface area (Å²) in [6.45, 7) is 0.552. The van der Waals surface area contributed by atoms with Crippen LogP contribution in [-0.2, 0) is 14.3 Å². The number of nitrogens with one attached hydrogen (secondary N) is 2. The summed E-state index contributed by atoms with van der Waals surface area (Å²) in [5.74, 6) is -0.0645. The van der Waals surface area contributed by atoms with Gasteiger partial charge in [0.15, 0.2) is 6.29 Å². The molecule has 0 saturated carbocycles. The van der Waals surface area contributed by atoms with Gasteiger partial charge in [0.05, 0.1) is 30.4 Å². The lowest BCUT2D eigenvalue weighted by molar-refractivity contribution is -0.140. The van der Waals surface area contributed by atoms with Crippen molar-refractivity contribution in [3.8, 4) is 5.75 Å². The Balaban J connectivity index is 1.87. The van der Waals surface area contributed by atoms with Crippen molar-refractivity contribution in [3.63, 3.8) is 0 Å². The van der Waals surface area contributed by atoms with Gasteiger partial charge < -0.3 is 30.1 Å². The van der Waals surface area contributed by atoms with E-state index >= 15 is 0 Å². The second-order valence-electron chi connectivity index (χ2n) is 5.60. The highest BCUT2D eigenvalue weighted by Crippen LogP contribution is 2.33. The van der Waals surface area contributed by atoms with Crippen LogP contribution in [0.15, 0.2) is 35.5 Å². The minimum atomic E-state index is -0.560. The molecule has 3 N–H and O–H groups in total. The Morgan fingerprint density at radius 2 is 1.92 bits per heavy atom. The van der Waals surface area contributed by atoms with Crippen molar-refractivity contribution in [2.75, 3.05) is 27.3 Å². The van der Waals surface area contributed by atoms with Crippen molar-refractivity contribution in [2.45, 2.75) is 12.3 Å². The van der Waals surface area contributed by atoms with Crippen molar-refractivity contribution in [2.24, 2.45) is 0 Å². The molecule has 0 aromatic heterocycles. The first-order valence-electron chi connectivity index (χ1n) is 7.48. The van der Waals surface area contributed by atoms with Gasteiger partial charge >= 0.3 is 6.03 Å². The van der Waals surface area contributed by atoms with Gasteiger partial charge in [-0.25, -0.2) is 4.79 Å². The normalized spacial score (nSPS) is 20.3. The maximum Gasteiger partial charge on any atom is 0.319 e. The number of nitrogens with zero attached hydrogens (tertiary/aromatic N) is 1. The number of rotatable bonds is 5. The van der Waals surface area contributed by atoms with Gasteiger partial charge in [-0.2, -0.15) is 0 Å². The molecule has 128 valence electrons. The fourth-order valence-electron chi connectivity index (χ4n) is 2.92. The minimum Gasteiger partial charge on any atom is -0.508 e. The third-order valence-corrected chi connectivity index (χ3v) is 4.14. The zero-order valence-corrected chi connectivity index (χ0v) is 13.4. The van der Waals surface area contributed by atoms with E-state index in [1.54, 1.807) is 17.0 Å². The Bertz CT molecular complexity index is 681. The van der Waals surface area contributed by atoms with E-state index < -0.39 is 12.3 Å². The molecule has 0 aliphatic carbocycles. The van der Waals surface area contributed by atoms with Crippen LogP contribution in [-0.4, -0.2) is 55.5 Å². The summed E-state index contributed by atoms with van der Waals surface area (Å²) < 4.78 is 10.3. The molecule has 2 heterocycles. The molecule has 24 heavy (non-hydrogen) atoms. The first kappa shape index (κ1) is 16.3. The van der Waals surface area contributed by atoms with Gasteiger partial charge in [-0.3, -0.25) is 4.79 Å². The first-order chi connectivity index (χ1) is 11.5. The number of benzene rings is 1. The van der Waals surface area contributed by atoms with Crippen LogP contribution >= 0.6 is 0 Å². The Labute approximate surface area is 139 Å². The minimum absolute atomic E-state index is 0.121. The average molecular weight is 333 g/mol. The van der Waals surface area contributed by atoms with E-state index in [0.717, 1.165) is 5.56 Å². The predicted molar refractivity (Wildman–Crippen MR) is 83.9 cm³/mol. The topological polar surface area (TPSA) is 100 Å². The summed E-state index contributed by atoms with van der Waals surface area (Å²) in [5, 5.41) is 14.9. The number of phenols is 1. The molecule has 3 amide bonds. The molecule has 2 aliphatic rings. The summed E-state index contributed by atoms with van der Waals surface area (Å²) in [6, 6.07) is 5.48. The Morgan fingerprint density at radius 1 is 1.25 bits per heavy atom. The smallest absolute Gasteiger partial charge is 0.319 e. The summed E-state index contributed by atoms with van der Waals surface area (Å²) in [6.07, 6.45) is -0.536. The van der Waals surface area contributed by atoms with Crippen molar-refractivity contribution in [1.29, 1.82) is 0 Å². The van der Waals surface area contributed by atoms with Crippen LogP contribution in [0, 0.1) is 0 Å². The lowest BCUT2D eigenvalue weighted by atomic mass is 9.96. The van der Waals surface area contributed by atoms with Crippen molar-refractivity contribution in [1.82, 2.24) is 15.5 Å². The molecule has 2 aliphatic heterocycles. The Morgan fingerprint density at radius 3 is 2.54 bits per heavy atom. The molecular formula is C16H19N3O5. The van der Waals surface area contributed by atoms with Crippen LogP contribution < -0.4 is 10.6 Å². The van der Waals surface area contributed by atoms with Crippen LogP contribution in [0.5, 0.6) is 5.75 Å². The van der Waals surface area contributed by atoms with Gasteiger partial charge in [0, 0.05) is 14.2 Å². The molecule has 8 heteroatoms. The molecule has 0 bridgehead atoms. The molecule has 8 nitrogen and oxygen atoms in total. The Kier molecular flexibility index (Phi) is 4.41. The third-order valence-electron chi connectivity index (χ3n) is 4.14. The largest absolute Gasteiger partial charge is 0.508 e. The highest BCUT2D eigenvalue weighted by molar-refractivity contribution is 6.01. The number of amides is 3. The fraction of sp³-hybridized carbons (Fsp3) is 0.375. The molecule has 0 radical (unpaired) electrons. The lowest BCUT2D eigenvalue weighted by Gasteiger charge is -2.25. The summed E-state index contributed by atoms with van der Waals surface area (Å²) in [7, 11) is 3.01. The number of hydrogen-bond acceptors (Lipinski definition) is 5. The van der Waals surface area contributed by atoms with Gasteiger partial charge in [-0.15, -0.1) is 0 Å². The zero-order chi connectivity index (χ0) is 17.3. The molecule has 1 atom stereocenters. The molecule has 1 aromatic carbocycles. The van der Waals surface area contributed by atoms with Crippen molar-refractivity contribution >= 4 is 11.9 Å². The molecule has 0 spiro atoms. The van der Waals surface area contributed by atoms with Crippen LogP contribution in [0.25, 0.3) is 0 Å². The van der Waals surface area contributed by atoms with Gasteiger partial charge in [0.2, 0.25) is 0 Å². The fourth-order valence-corrected chi connectivity index (χ4v) is 2.92. The highest BCUT2D eigenvalue weighted by atomic mass is 16.7. The number of urea groups is 1. The zero-order valence-electron chi connectivity index (χ0n) is 13.4. The summed E-state index contributed by atoms with van der Waals surface area (Å²) >= 11 is 0. The number of carbonyl (C=O) groups is 2. The van der Waals surface area contributed by atoms with Crippen molar-refractivity contribution in [3.05, 3.63) is 41.1 Å². The maximum atomic E-state index is 12.8. The molecular weight excluding hydrogens is 314 g/mol. The number of methoxy groups -OCH3 is 2. The molecule has 0 saturated heterocycles. The maximum absolute atomic E-state index is 12.8. The van der Waals surface area contributed by atoms with Crippen LogP contribution in [0.1, 0.15) is 11.6 Å². The number of hydrogen-bond donors (Lipinski definition) is 3. The number of aromatic hydroxyl groups is 1. The van der Waals surface area contributed by atoms with Gasteiger partial charge in [-0.1, -0.05) is 12.1 Å². The van der Waals surface area contributed by atoms with Crippen LogP contribution in [0.2, 0.25) is 0 Å². The van der Waals surface area contributed by atoms with Crippen LogP contribution in [0.3, 0.4) is 0 Å². The van der Waals surface area contributed by atoms with E-state index in [0.29, 0.717) is 17.8 Å². The van der Waals surface area contributed by atoms with Crippen molar-refractivity contribution < 1.29 is 24.2 Å². The lowest BCUT2D eigenvalue weighted by Crippen LogP contribution is -2.44. The highest BCUT2D eigenvalue weighted by Gasteiger charge is 2.40. The first-order valence-corrected chi connectivity index (χ1v) is 7.48. The van der Waals surface area contributed by atoms with Gasteiger partial charge in [0.25, 0.3) is 5.91 Å². The summed E-state index contributed by atoms with van der Waals surface area (Å²) in [5.41, 5.74) is 1.79. The van der Waals surface area contributed by atoms with Gasteiger partial charge in [-0.05, 0) is 17.7 Å². The van der Waals surface area contributed by atoms with E-state index in [9.17, 15) is 14.7 Å². The number of carbonyl (C=O) groups excluding carboxylic acids is 2. The second-order valence-corrected chi connectivity index (χ2v) is 5.60. The monoisotopic (exact) mass is 333 g/mol. The predicted octanol–water partition coefficient (Wildman–Crippen LogP) is 0.461. The van der Waals surface area contributed by atoms with Gasteiger partial charge in [0.1, 0.15) is 5.75 Å². The van der Waals surface area contributed by atoms with E-state index in [2.05, 4.69) is 10.6 Å². The molecule has 3 rings (SSSR count). The summed E-state index contributed by atoms with van der Waals surface area (Å²) in [4.78, 5) is 26.3. The van der Waals surface area contributed by atoms with Crippen LogP contribution in [0.4, 0.5) is 4.79 Å². The number of ether oxygens (including phenoxy) is 2. The molecule has 0 fully saturated rings. The van der Waals surface area contributed by atoms with E-state index in [1.165, 1.54) is 26.4 Å². The second kappa shape index (κ2) is 6.50. The molecule has 1 aromatic rings. The number of phenolic OH excluding ortho intramolecular Hbond substituents is 1. The quantitative estimate of drug-likeness (QED) is 0.680. The average Bonchev–Trinajstić information content (AvgIpc) is 2.88. The standard InChI is InChI=1S/C16H19N3O5/c1-23-12(24-2)8-19-7-11-13(15(19)21)14(18-16(22)17-11)9-3-5-10(20)6-4-9/h3-6,12,14,20H,7-8H2,1-2H3,(H2,17,18,22)/t14-/m1/s1. The molecule has 0 unspecified atom stereocenters. The van der Waals surface area contributed by atoms with E-state index in [1.807, 2.05) is 0 Å². The third kappa shape index (κ3) is 2.93. The van der Waals surface area contributed by atoms with E-state index in [4.69, 9.17) is 9.47 Å².